The van der Waals surface area contributed by atoms with E-state index >= 15 is 0 Å². The zero-order valence-electron chi connectivity index (χ0n) is 13.8. The van der Waals surface area contributed by atoms with Crippen LogP contribution in [0.2, 0.25) is 0 Å². The quantitative estimate of drug-likeness (QED) is 0.772. The van der Waals surface area contributed by atoms with E-state index in [9.17, 15) is 4.79 Å². The van der Waals surface area contributed by atoms with Crippen molar-refractivity contribution < 1.29 is 4.79 Å². The molecule has 1 saturated carbocycles. The van der Waals surface area contributed by atoms with E-state index in [0.29, 0.717) is 35.9 Å². The largest absolute Gasteiger partial charge is 0.338 e. The Bertz CT molecular complexity index is 529. The smallest absolute Gasteiger partial charge is 0.210 e. The van der Waals surface area contributed by atoms with Crippen LogP contribution >= 0.6 is 0 Å². The van der Waals surface area contributed by atoms with Crippen molar-refractivity contribution in [2.24, 2.45) is 17.8 Å². The molecule has 0 heterocycles. The molecule has 1 aromatic rings. The minimum absolute atomic E-state index is 0.330. The van der Waals surface area contributed by atoms with Crippen LogP contribution in [0.1, 0.15) is 51.2 Å². The van der Waals surface area contributed by atoms with E-state index in [2.05, 4.69) is 26.8 Å². The van der Waals surface area contributed by atoms with Crippen LogP contribution in [0.15, 0.2) is 24.3 Å². The second-order valence-corrected chi connectivity index (χ2v) is 6.98. The number of carbonyl (C=O) groups excluding carboxylic acids is 1. The van der Waals surface area contributed by atoms with E-state index in [1.54, 1.807) is 0 Å². The summed E-state index contributed by atoms with van der Waals surface area (Å²) in [6.07, 6.45) is 4.58. The van der Waals surface area contributed by atoms with Gasteiger partial charge in [0.15, 0.2) is 0 Å². The van der Waals surface area contributed by atoms with E-state index in [1.807, 2.05) is 29.2 Å². The Hall–Kier alpha value is -1.82. The number of hydrogen-bond acceptors (Lipinski definition) is 2. The number of nitrogens with zero attached hydrogens (tertiary/aromatic N) is 2. The molecule has 0 radical (unpaired) electrons. The molecule has 118 valence electrons. The predicted molar refractivity (Wildman–Crippen MR) is 87.9 cm³/mol. The molecule has 2 rings (SSSR count). The summed E-state index contributed by atoms with van der Waals surface area (Å²) < 4.78 is 0. The summed E-state index contributed by atoms with van der Waals surface area (Å²) >= 11 is 0. The molecule has 0 aromatic heterocycles. The fourth-order valence-electron chi connectivity index (χ4n) is 3.66. The molecule has 0 bridgehead atoms. The predicted octanol–water partition coefficient (Wildman–Crippen LogP) is 3.98. The van der Waals surface area contributed by atoms with Gasteiger partial charge in [-0.2, -0.15) is 5.26 Å². The standard InChI is InChI=1S/C19H26N2O/c1-14(2)18-9-4-15(3)10-19(18)21(13-22)12-17-7-5-16(11-20)6-8-17/h5-8,13-15,18-19H,4,9-10,12H2,1-3H3. The van der Waals surface area contributed by atoms with Crippen molar-refractivity contribution in [3.8, 4) is 6.07 Å². The maximum Gasteiger partial charge on any atom is 0.210 e. The Labute approximate surface area is 133 Å². The average molecular weight is 298 g/mol. The van der Waals surface area contributed by atoms with Crippen LogP contribution in [-0.2, 0) is 11.3 Å². The molecule has 3 heteroatoms. The first-order valence-corrected chi connectivity index (χ1v) is 8.25. The van der Waals surface area contributed by atoms with Gasteiger partial charge in [0, 0.05) is 12.6 Å². The highest BCUT2D eigenvalue weighted by Crippen LogP contribution is 2.36. The molecule has 3 atom stereocenters. The molecule has 3 unspecified atom stereocenters. The molecule has 22 heavy (non-hydrogen) atoms. The van der Waals surface area contributed by atoms with Gasteiger partial charge < -0.3 is 4.90 Å². The van der Waals surface area contributed by atoms with Crippen molar-refractivity contribution in [2.75, 3.05) is 0 Å². The molecule has 0 aliphatic heterocycles. The van der Waals surface area contributed by atoms with Crippen LogP contribution in [0.3, 0.4) is 0 Å². The number of carbonyl (C=O) groups is 1. The zero-order valence-corrected chi connectivity index (χ0v) is 13.8. The lowest BCUT2D eigenvalue weighted by Gasteiger charge is -2.42. The number of nitriles is 1. The van der Waals surface area contributed by atoms with Crippen LogP contribution in [-0.4, -0.2) is 17.4 Å². The SMILES string of the molecule is CC1CCC(C(C)C)C(N(C=O)Cc2ccc(C#N)cc2)C1. The zero-order chi connectivity index (χ0) is 16.1. The van der Waals surface area contributed by atoms with Crippen LogP contribution < -0.4 is 0 Å². The molecule has 1 fully saturated rings. The normalized spacial score (nSPS) is 24.8. The Morgan fingerprint density at radius 3 is 2.55 bits per heavy atom. The lowest BCUT2D eigenvalue weighted by molar-refractivity contribution is -0.123. The third-order valence-corrected chi connectivity index (χ3v) is 5.00. The Balaban J connectivity index is 2.14. The molecule has 1 amide bonds. The van der Waals surface area contributed by atoms with Gasteiger partial charge in [-0.1, -0.05) is 39.3 Å². The highest BCUT2D eigenvalue weighted by Gasteiger charge is 2.34. The first kappa shape index (κ1) is 16.5. The van der Waals surface area contributed by atoms with Crippen molar-refractivity contribution in [1.82, 2.24) is 4.90 Å². The Morgan fingerprint density at radius 1 is 1.32 bits per heavy atom. The third-order valence-electron chi connectivity index (χ3n) is 5.00. The summed E-state index contributed by atoms with van der Waals surface area (Å²) in [5, 5.41) is 8.87. The monoisotopic (exact) mass is 298 g/mol. The fourth-order valence-corrected chi connectivity index (χ4v) is 3.66. The van der Waals surface area contributed by atoms with E-state index in [1.165, 1.54) is 12.8 Å². The number of hydrogen-bond donors (Lipinski definition) is 0. The van der Waals surface area contributed by atoms with Gasteiger partial charge in [-0.05, 0) is 48.3 Å². The van der Waals surface area contributed by atoms with Crippen molar-refractivity contribution in [2.45, 2.75) is 52.6 Å². The second-order valence-electron chi connectivity index (χ2n) is 6.98. The van der Waals surface area contributed by atoms with Crippen molar-refractivity contribution in [3.63, 3.8) is 0 Å². The third kappa shape index (κ3) is 3.88. The van der Waals surface area contributed by atoms with Crippen LogP contribution in [0, 0.1) is 29.1 Å². The van der Waals surface area contributed by atoms with E-state index in [4.69, 9.17) is 5.26 Å². The van der Waals surface area contributed by atoms with Gasteiger partial charge in [-0.25, -0.2) is 0 Å². The van der Waals surface area contributed by atoms with Gasteiger partial charge in [0.1, 0.15) is 0 Å². The first-order chi connectivity index (χ1) is 10.5. The van der Waals surface area contributed by atoms with E-state index in [-0.39, 0.29) is 0 Å². The Kier molecular flexibility index (Phi) is 5.60. The lowest BCUT2D eigenvalue weighted by atomic mass is 9.73. The molecular formula is C19H26N2O. The van der Waals surface area contributed by atoms with Crippen molar-refractivity contribution >= 4 is 6.41 Å². The highest BCUT2D eigenvalue weighted by atomic mass is 16.1. The molecule has 0 saturated heterocycles. The molecule has 0 spiro atoms. The molecule has 0 N–H and O–H groups in total. The van der Waals surface area contributed by atoms with Gasteiger partial charge in [0.05, 0.1) is 11.6 Å². The summed E-state index contributed by atoms with van der Waals surface area (Å²) in [6, 6.07) is 10.0. The summed E-state index contributed by atoms with van der Waals surface area (Å²) in [6.45, 7) is 7.45. The van der Waals surface area contributed by atoms with E-state index < -0.39 is 0 Å². The Morgan fingerprint density at radius 2 is 2.00 bits per heavy atom. The van der Waals surface area contributed by atoms with Gasteiger partial charge >= 0.3 is 0 Å². The minimum Gasteiger partial charge on any atom is -0.338 e. The topological polar surface area (TPSA) is 44.1 Å². The van der Waals surface area contributed by atoms with Crippen molar-refractivity contribution in [3.05, 3.63) is 35.4 Å². The molecule has 1 aliphatic carbocycles. The minimum atomic E-state index is 0.330. The van der Waals surface area contributed by atoms with Gasteiger partial charge in [0.25, 0.3) is 0 Å². The molecule has 1 aliphatic rings. The first-order valence-electron chi connectivity index (χ1n) is 8.25. The fraction of sp³-hybridized carbons (Fsp3) is 0.579. The van der Waals surface area contributed by atoms with Crippen LogP contribution in [0.4, 0.5) is 0 Å². The van der Waals surface area contributed by atoms with E-state index in [0.717, 1.165) is 18.4 Å². The van der Waals surface area contributed by atoms with Crippen molar-refractivity contribution in [1.29, 1.82) is 5.26 Å². The summed E-state index contributed by atoms with van der Waals surface area (Å²) in [5.74, 6) is 1.86. The van der Waals surface area contributed by atoms with Crippen LogP contribution in [0.25, 0.3) is 0 Å². The highest BCUT2D eigenvalue weighted by molar-refractivity contribution is 5.48. The lowest BCUT2D eigenvalue weighted by Crippen LogP contribution is -2.44. The maximum absolute atomic E-state index is 11.7. The number of rotatable bonds is 5. The van der Waals surface area contributed by atoms with Gasteiger partial charge in [-0.3, -0.25) is 4.79 Å². The maximum atomic E-state index is 11.7. The summed E-state index contributed by atoms with van der Waals surface area (Å²) in [5.41, 5.74) is 1.75. The second kappa shape index (κ2) is 7.45. The van der Waals surface area contributed by atoms with Gasteiger partial charge in [0.2, 0.25) is 6.41 Å². The summed E-state index contributed by atoms with van der Waals surface area (Å²) in [7, 11) is 0. The molecule has 1 aromatic carbocycles. The average Bonchev–Trinajstić information content (AvgIpc) is 2.52. The summed E-state index contributed by atoms with van der Waals surface area (Å²) in [4.78, 5) is 13.7. The number of benzene rings is 1. The number of amides is 1. The molecular weight excluding hydrogens is 272 g/mol. The molecule has 3 nitrogen and oxygen atoms in total. The van der Waals surface area contributed by atoms with Crippen LogP contribution in [0.5, 0.6) is 0 Å². The van der Waals surface area contributed by atoms with Gasteiger partial charge in [-0.15, -0.1) is 0 Å².